The standard InChI is InChI=1S/C16H24Si/c1-2-3-7-12-17-13-10-16(11-14-17)15-8-5-4-6-9-15/h2,4-6,8-9,16-17H,1,3,7,10-14H2. The molecule has 1 heteroatoms. The van der Waals surface area contributed by atoms with E-state index in [2.05, 4.69) is 43.0 Å². The molecule has 0 N–H and O–H groups in total. The maximum absolute atomic E-state index is 3.81. The Morgan fingerprint density at radius 2 is 1.88 bits per heavy atom. The zero-order chi connectivity index (χ0) is 11.9. The minimum absolute atomic E-state index is 0.368. The van der Waals surface area contributed by atoms with Gasteiger partial charge in [-0.1, -0.05) is 61.0 Å². The van der Waals surface area contributed by atoms with Crippen LogP contribution in [0, 0.1) is 0 Å². The smallest absolute Gasteiger partial charge is 0.0368 e. The fraction of sp³-hybridized carbons (Fsp3) is 0.500. The Bertz CT molecular complexity index is 323. The molecule has 1 aliphatic heterocycles. The number of unbranched alkanes of at least 4 members (excludes halogenated alkanes) is 1. The maximum atomic E-state index is 3.81. The van der Waals surface area contributed by atoms with E-state index in [1.54, 1.807) is 23.7 Å². The van der Waals surface area contributed by atoms with E-state index in [-0.39, 0.29) is 8.80 Å². The fourth-order valence-electron chi connectivity index (χ4n) is 3.06. The van der Waals surface area contributed by atoms with Crippen LogP contribution in [0.25, 0.3) is 0 Å². The highest BCUT2D eigenvalue weighted by Gasteiger charge is 2.22. The molecule has 1 aromatic carbocycles. The first-order valence-electron chi connectivity index (χ1n) is 7.06. The summed E-state index contributed by atoms with van der Waals surface area (Å²) in [7, 11) is -0.368. The zero-order valence-electron chi connectivity index (χ0n) is 10.8. The molecule has 0 unspecified atom stereocenters. The summed E-state index contributed by atoms with van der Waals surface area (Å²) in [4.78, 5) is 0. The van der Waals surface area contributed by atoms with Crippen LogP contribution in [0.5, 0.6) is 0 Å². The van der Waals surface area contributed by atoms with Crippen molar-refractivity contribution >= 4 is 8.80 Å². The molecular formula is C16H24Si. The van der Waals surface area contributed by atoms with E-state index in [0.717, 1.165) is 5.92 Å². The molecule has 0 aliphatic carbocycles. The molecule has 0 amide bonds. The van der Waals surface area contributed by atoms with E-state index in [9.17, 15) is 0 Å². The van der Waals surface area contributed by atoms with Crippen LogP contribution < -0.4 is 0 Å². The summed E-state index contributed by atoms with van der Waals surface area (Å²) in [6, 6.07) is 15.8. The van der Waals surface area contributed by atoms with Crippen molar-refractivity contribution in [2.24, 2.45) is 0 Å². The molecule has 2 rings (SSSR count). The minimum Gasteiger partial charge on any atom is -0.103 e. The third kappa shape index (κ3) is 3.85. The van der Waals surface area contributed by atoms with Gasteiger partial charge in [0.25, 0.3) is 0 Å². The summed E-state index contributed by atoms with van der Waals surface area (Å²) in [5.41, 5.74) is 1.58. The van der Waals surface area contributed by atoms with Crippen LogP contribution in [0.1, 0.15) is 37.2 Å². The van der Waals surface area contributed by atoms with Gasteiger partial charge >= 0.3 is 0 Å². The molecule has 0 nitrogen and oxygen atoms in total. The molecule has 1 fully saturated rings. The van der Waals surface area contributed by atoms with Gasteiger partial charge in [0.15, 0.2) is 0 Å². The molecule has 0 aromatic heterocycles. The predicted octanol–water partition coefficient (Wildman–Crippen LogP) is 4.76. The van der Waals surface area contributed by atoms with Crippen molar-refractivity contribution in [3.8, 4) is 0 Å². The average molecular weight is 244 g/mol. The summed E-state index contributed by atoms with van der Waals surface area (Å²) in [5.74, 6) is 0.861. The molecule has 0 saturated carbocycles. The van der Waals surface area contributed by atoms with Gasteiger partial charge in [-0.2, -0.15) is 0 Å². The third-order valence-corrected chi connectivity index (χ3v) is 7.66. The van der Waals surface area contributed by atoms with Crippen molar-refractivity contribution in [1.82, 2.24) is 0 Å². The van der Waals surface area contributed by atoms with Gasteiger partial charge in [-0.3, -0.25) is 0 Å². The highest BCUT2D eigenvalue weighted by molar-refractivity contribution is 6.59. The van der Waals surface area contributed by atoms with E-state index in [0.29, 0.717) is 0 Å². The Kier molecular flexibility index (Phi) is 5.05. The number of allylic oxidation sites excluding steroid dienone is 1. The first-order chi connectivity index (χ1) is 8.40. The molecule has 1 heterocycles. The lowest BCUT2D eigenvalue weighted by Crippen LogP contribution is -2.20. The summed E-state index contributed by atoms with van der Waals surface area (Å²) >= 11 is 0. The van der Waals surface area contributed by atoms with E-state index in [4.69, 9.17) is 0 Å². The van der Waals surface area contributed by atoms with Gasteiger partial charge in [-0.05, 0) is 30.7 Å². The summed E-state index contributed by atoms with van der Waals surface area (Å²) < 4.78 is 0. The van der Waals surface area contributed by atoms with Gasteiger partial charge < -0.3 is 0 Å². The number of benzene rings is 1. The molecule has 1 saturated heterocycles. The quantitative estimate of drug-likeness (QED) is 0.398. The molecule has 0 atom stereocenters. The van der Waals surface area contributed by atoms with E-state index in [1.807, 2.05) is 0 Å². The monoisotopic (exact) mass is 244 g/mol. The van der Waals surface area contributed by atoms with E-state index < -0.39 is 0 Å². The summed E-state index contributed by atoms with van der Waals surface area (Å²) in [6.45, 7) is 3.81. The molecule has 17 heavy (non-hydrogen) atoms. The molecule has 0 radical (unpaired) electrons. The summed E-state index contributed by atoms with van der Waals surface area (Å²) in [5, 5.41) is 0. The van der Waals surface area contributed by atoms with Crippen molar-refractivity contribution in [1.29, 1.82) is 0 Å². The van der Waals surface area contributed by atoms with E-state index in [1.165, 1.54) is 25.7 Å². The first kappa shape index (κ1) is 12.6. The Morgan fingerprint density at radius 1 is 1.18 bits per heavy atom. The van der Waals surface area contributed by atoms with Gasteiger partial charge in [0, 0.05) is 8.80 Å². The van der Waals surface area contributed by atoms with Crippen molar-refractivity contribution in [2.45, 2.75) is 49.7 Å². The Hall–Kier alpha value is -0.823. The molecule has 0 spiro atoms. The second kappa shape index (κ2) is 6.80. The Labute approximate surface area is 107 Å². The van der Waals surface area contributed by atoms with Crippen molar-refractivity contribution in [3.63, 3.8) is 0 Å². The molecule has 1 aromatic rings. The van der Waals surface area contributed by atoms with E-state index >= 15 is 0 Å². The largest absolute Gasteiger partial charge is 0.103 e. The average Bonchev–Trinajstić information content (AvgIpc) is 2.41. The van der Waals surface area contributed by atoms with Gasteiger partial charge in [0.2, 0.25) is 0 Å². The third-order valence-electron chi connectivity index (χ3n) is 4.14. The predicted molar refractivity (Wildman–Crippen MR) is 79.4 cm³/mol. The van der Waals surface area contributed by atoms with Gasteiger partial charge in [-0.25, -0.2) is 0 Å². The van der Waals surface area contributed by atoms with Crippen LogP contribution in [-0.4, -0.2) is 8.80 Å². The van der Waals surface area contributed by atoms with Crippen molar-refractivity contribution in [2.75, 3.05) is 0 Å². The highest BCUT2D eigenvalue weighted by Crippen LogP contribution is 2.34. The number of rotatable bonds is 5. The number of hydrogen-bond donors (Lipinski definition) is 0. The first-order valence-corrected chi connectivity index (χ1v) is 9.51. The molecule has 92 valence electrons. The second-order valence-corrected chi connectivity index (χ2v) is 8.81. The van der Waals surface area contributed by atoms with Crippen LogP contribution in [-0.2, 0) is 0 Å². The SMILES string of the molecule is C=CCCC[SiH]1CCC(c2ccccc2)CC1. The molecule has 0 bridgehead atoms. The summed E-state index contributed by atoms with van der Waals surface area (Å²) in [6.07, 6.45) is 7.61. The highest BCUT2D eigenvalue weighted by atomic mass is 28.3. The van der Waals surface area contributed by atoms with Gasteiger partial charge in [-0.15, -0.1) is 6.58 Å². The Morgan fingerprint density at radius 3 is 2.53 bits per heavy atom. The Balaban J connectivity index is 1.76. The van der Waals surface area contributed by atoms with Crippen LogP contribution in [0.2, 0.25) is 18.1 Å². The minimum atomic E-state index is -0.368. The normalized spacial score (nSPS) is 24.5. The lowest BCUT2D eigenvalue weighted by molar-refractivity contribution is 0.605. The van der Waals surface area contributed by atoms with Crippen molar-refractivity contribution < 1.29 is 0 Å². The fourth-order valence-corrected chi connectivity index (χ4v) is 6.49. The van der Waals surface area contributed by atoms with Crippen molar-refractivity contribution in [3.05, 3.63) is 48.6 Å². The van der Waals surface area contributed by atoms with Gasteiger partial charge in [0.1, 0.15) is 0 Å². The van der Waals surface area contributed by atoms with Crippen LogP contribution in [0.3, 0.4) is 0 Å². The lowest BCUT2D eigenvalue weighted by Gasteiger charge is -2.27. The second-order valence-electron chi connectivity index (χ2n) is 5.35. The molecule has 1 aliphatic rings. The van der Waals surface area contributed by atoms with Crippen LogP contribution in [0.15, 0.2) is 43.0 Å². The van der Waals surface area contributed by atoms with Crippen LogP contribution >= 0.6 is 0 Å². The van der Waals surface area contributed by atoms with Gasteiger partial charge in [0.05, 0.1) is 0 Å². The lowest BCUT2D eigenvalue weighted by atomic mass is 9.94. The topological polar surface area (TPSA) is 0 Å². The number of hydrogen-bond acceptors (Lipinski definition) is 0. The van der Waals surface area contributed by atoms with Crippen LogP contribution in [0.4, 0.5) is 0 Å². The maximum Gasteiger partial charge on any atom is 0.0368 e. The zero-order valence-corrected chi connectivity index (χ0v) is 11.9. The molecular weight excluding hydrogens is 220 g/mol.